The number of carbonyl (C=O) groups is 2. The molecule has 0 heterocycles. The minimum atomic E-state index is -0.802. The molecule has 0 spiro atoms. The third-order valence-electron chi connectivity index (χ3n) is 9.52. The van der Waals surface area contributed by atoms with Crippen LogP contribution in [0.3, 0.4) is 0 Å². The number of fused-ring (bicyclic) bond motifs is 5. The summed E-state index contributed by atoms with van der Waals surface area (Å²) in [6, 6.07) is 0. The summed E-state index contributed by atoms with van der Waals surface area (Å²) in [6.45, 7) is 10.3. The van der Waals surface area contributed by atoms with Gasteiger partial charge in [-0.25, -0.2) is 0 Å². The van der Waals surface area contributed by atoms with E-state index in [9.17, 15) is 14.7 Å². The Labute approximate surface area is 164 Å². The molecule has 8 unspecified atom stereocenters. The van der Waals surface area contributed by atoms with Gasteiger partial charge in [-0.05, 0) is 86.4 Å². The summed E-state index contributed by atoms with van der Waals surface area (Å²) < 4.78 is 0. The highest BCUT2D eigenvalue weighted by Gasteiger charge is 2.67. The first-order valence-electron chi connectivity index (χ1n) is 11.0. The molecule has 0 aromatic rings. The molecule has 27 heavy (non-hydrogen) atoms. The zero-order chi connectivity index (χ0) is 19.6. The molecule has 0 aromatic carbocycles. The summed E-state index contributed by atoms with van der Waals surface area (Å²) in [5, 5.41) is 12.1. The van der Waals surface area contributed by atoms with Gasteiger partial charge in [0.15, 0.2) is 0 Å². The SMILES string of the molecule is C=CCC1(O)CC2(C)C(C(C)=O)CCC2C2CCC3CC(=O)CCC3(C)C21. The molecule has 1 N–H and O–H groups in total. The second-order valence-electron chi connectivity index (χ2n) is 10.8. The normalized spacial score (nSPS) is 51.9. The van der Waals surface area contributed by atoms with Crippen molar-refractivity contribution in [1.82, 2.24) is 0 Å². The van der Waals surface area contributed by atoms with Crippen molar-refractivity contribution in [1.29, 1.82) is 0 Å². The molecule has 0 aliphatic heterocycles. The van der Waals surface area contributed by atoms with Gasteiger partial charge in [0, 0.05) is 18.8 Å². The predicted molar refractivity (Wildman–Crippen MR) is 106 cm³/mol. The Kier molecular flexibility index (Phi) is 4.50. The highest BCUT2D eigenvalue weighted by atomic mass is 16.3. The summed E-state index contributed by atoms with van der Waals surface area (Å²) in [4.78, 5) is 24.6. The third kappa shape index (κ3) is 2.63. The average Bonchev–Trinajstić information content (AvgIpc) is 2.91. The summed E-state index contributed by atoms with van der Waals surface area (Å²) in [5.41, 5.74) is -0.869. The maximum Gasteiger partial charge on any atom is 0.133 e. The van der Waals surface area contributed by atoms with Crippen molar-refractivity contribution >= 4 is 11.6 Å². The minimum absolute atomic E-state index is 0.0320. The Morgan fingerprint density at radius 3 is 2.63 bits per heavy atom. The van der Waals surface area contributed by atoms with Gasteiger partial charge in [-0.1, -0.05) is 19.9 Å². The lowest BCUT2D eigenvalue weighted by Crippen LogP contribution is -2.64. The van der Waals surface area contributed by atoms with Crippen LogP contribution in [0.2, 0.25) is 0 Å². The van der Waals surface area contributed by atoms with Crippen molar-refractivity contribution in [2.75, 3.05) is 0 Å². The summed E-state index contributed by atoms with van der Waals surface area (Å²) in [6.07, 6.45) is 9.74. The van der Waals surface area contributed by atoms with Crippen LogP contribution in [0, 0.1) is 40.4 Å². The van der Waals surface area contributed by atoms with Gasteiger partial charge >= 0.3 is 0 Å². The second-order valence-corrected chi connectivity index (χ2v) is 10.8. The first-order chi connectivity index (χ1) is 12.7. The van der Waals surface area contributed by atoms with Crippen LogP contribution in [0.15, 0.2) is 12.7 Å². The standard InChI is InChI=1S/C24H36O3/c1-5-11-24(27)14-23(4)19(15(2)25)8-9-20(23)18-7-6-16-13-17(26)10-12-22(16,3)21(18)24/h5,16,18-21,27H,1,6-14H2,2-4H3. The molecule has 4 aliphatic carbocycles. The fourth-order valence-electron chi connectivity index (χ4n) is 8.67. The zero-order valence-electron chi connectivity index (χ0n) is 17.3. The van der Waals surface area contributed by atoms with Crippen LogP contribution in [0.1, 0.15) is 78.6 Å². The summed E-state index contributed by atoms with van der Waals surface area (Å²) in [5.74, 6) is 2.40. The Bertz CT molecular complexity index is 669. The zero-order valence-corrected chi connectivity index (χ0v) is 17.3. The number of ketones is 2. The van der Waals surface area contributed by atoms with Crippen molar-refractivity contribution in [3.8, 4) is 0 Å². The highest BCUT2D eigenvalue weighted by molar-refractivity contribution is 5.80. The number of carbonyl (C=O) groups excluding carboxylic acids is 2. The molecule has 4 fully saturated rings. The van der Waals surface area contributed by atoms with E-state index in [1.54, 1.807) is 6.92 Å². The number of hydrogen-bond acceptors (Lipinski definition) is 3. The van der Waals surface area contributed by atoms with Crippen LogP contribution < -0.4 is 0 Å². The molecule has 150 valence electrons. The van der Waals surface area contributed by atoms with Gasteiger partial charge in [0.25, 0.3) is 0 Å². The van der Waals surface area contributed by atoms with Crippen molar-refractivity contribution in [2.24, 2.45) is 40.4 Å². The van der Waals surface area contributed by atoms with Gasteiger partial charge in [0.2, 0.25) is 0 Å². The number of rotatable bonds is 3. The van der Waals surface area contributed by atoms with Crippen molar-refractivity contribution < 1.29 is 14.7 Å². The number of Topliss-reactive ketones (excluding diaryl/α,β-unsaturated/α-hetero) is 2. The maximum atomic E-state index is 12.4. The number of hydrogen-bond donors (Lipinski definition) is 1. The molecule has 4 aliphatic rings. The lowest BCUT2D eigenvalue weighted by molar-refractivity contribution is -0.218. The molecule has 4 rings (SSSR count). The van der Waals surface area contributed by atoms with E-state index in [1.165, 1.54) is 0 Å². The molecule has 4 saturated carbocycles. The molecule has 3 nitrogen and oxygen atoms in total. The van der Waals surface area contributed by atoms with Gasteiger partial charge < -0.3 is 5.11 Å². The van der Waals surface area contributed by atoms with Crippen molar-refractivity contribution in [3.63, 3.8) is 0 Å². The quantitative estimate of drug-likeness (QED) is 0.729. The Hall–Kier alpha value is -0.960. The Morgan fingerprint density at radius 1 is 1.22 bits per heavy atom. The fraction of sp³-hybridized carbons (Fsp3) is 0.833. The van der Waals surface area contributed by atoms with Crippen molar-refractivity contribution in [3.05, 3.63) is 12.7 Å². The van der Waals surface area contributed by atoms with E-state index in [0.29, 0.717) is 55.0 Å². The topological polar surface area (TPSA) is 54.4 Å². The summed E-state index contributed by atoms with van der Waals surface area (Å²) in [7, 11) is 0. The molecular weight excluding hydrogens is 336 g/mol. The monoisotopic (exact) mass is 372 g/mol. The van der Waals surface area contributed by atoms with E-state index in [2.05, 4.69) is 20.4 Å². The maximum absolute atomic E-state index is 12.4. The lowest BCUT2D eigenvalue weighted by Gasteiger charge is -2.65. The lowest BCUT2D eigenvalue weighted by atomic mass is 9.40. The van der Waals surface area contributed by atoms with E-state index in [0.717, 1.165) is 32.1 Å². The second kappa shape index (κ2) is 6.27. The predicted octanol–water partition coefficient (Wildman–Crippen LogP) is 4.72. The average molecular weight is 373 g/mol. The van der Waals surface area contributed by atoms with E-state index >= 15 is 0 Å². The molecule has 0 aromatic heterocycles. The van der Waals surface area contributed by atoms with Crippen LogP contribution in [-0.4, -0.2) is 22.3 Å². The molecule has 0 saturated heterocycles. The number of aliphatic hydroxyl groups is 1. The largest absolute Gasteiger partial charge is 0.389 e. The van der Waals surface area contributed by atoms with Crippen LogP contribution in [0.25, 0.3) is 0 Å². The Morgan fingerprint density at radius 2 is 1.96 bits per heavy atom. The van der Waals surface area contributed by atoms with Gasteiger partial charge in [-0.15, -0.1) is 6.58 Å². The van der Waals surface area contributed by atoms with Crippen LogP contribution in [0.4, 0.5) is 0 Å². The summed E-state index contributed by atoms with van der Waals surface area (Å²) >= 11 is 0. The molecule has 0 radical (unpaired) electrons. The fourth-order valence-corrected chi connectivity index (χ4v) is 8.67. The van der Waals surface area contributed by atoms with E-state index in [-0.39, 0.29) is 22.7 Å². The molecule has 3 heteroatoms. The Balaban J connectivity index is 1.79. The van der Waals surface area contributed by atoms with E-state index < -0.39 is 5.60 Å². The molecule has 8 atom stereocenters. The van der Waals surface area contributed by atoms with Crippen LogP contribution in [-0.2, 0) is 9.59 Å². The van der Waals surface area contributed by atoms with E-state index in [4.69, 9.17) is 0 Å². The van der Waals surface area contributed by atoms with Crippen LogP contribution in [0.5, 0.6) is 0 Å². The van der Waals surface area contributed by atoms with Gasteiger partial charge in [-0.3, -0.25) is 9.59 Å². The van der Waals surface area contributed by atoms with Gasteiger partial charge in [0.05, 0.1) is 5.60 Å². The third-order valence-corrected chi connectivity index (χ3v) is 9.52. The first kappa shape index (κ1) is 19.4. The highest BCUT2D eigenvalue weighted by Crippen LogP contribution is 2.70. The minimum Gasteiger partial charge on any atom is -0.389 e. The molecule has 0 bridgehead atoms. The molecular formula is C24H36O3. The first-order valence-corrected chi connectivity index (χ1v) is 11.0. The van der Waals surface area contributed by atoms with Gasteiger partial charge in [-0.2, -0.15) is 0 Å². The smallest absolute Gasteiger partial charge is 0.133 e. The molecule has 0 amide bonds. The van der Waals surface area contributed by atoms with Crippen LogP contribution >= 0.6 is 0 Å². The van der Waals surface area contributed by atoms with Gasteiger partial charge in [0.1, 0.15) is 11.6 Å². The van der Waals surface area contributed by atoms with Crippen molar-refractivity contribution in [2.45, 2.75) is 84.2 Å². The van der Waals surface area contributed by atoms with E-state index in [1.807, 2.05) is 6.08 Å².